The number of para-hydroxylation sites is 2. The van der Waals surface area contributed by atoms with E-state index in [-0.39, 0.29) is 30.7 Å². The number of aliphatic carboxylic acids is 1. The van der Waals surface area contributed by atoms with Gasteiger partial charge in [0.05, 0.1) is 17.6 Å². The van der Waals surface area contributed by atoms with Crippen LogP contribution >= 0.6 is 0 Å². The van der Waals surface area contributed by atoms with E-state index < -0.39 is 5.97 Å². The maximum atomic E-state index is 13.0. The zero-order valence-corrected chi connectivity index (χ0v) is 19.6. The van der Waals surface area contributed by atoms with E-state index in [1.807, 2.05) is 24.3 Å². The topological polar surface area (TPSA) is 130 Å². The molecule has 35 heavy (non-hydrogen) atoms. The lowest BCUT2D eigenvalue weighted by atomic mass is 9.90. The number of carboxylic acid groups (broad SMARTS) is 1. The lowest BCUT2D eigenvalue weighted by molar-refractivity contribution is -0.306. The summed E-state index contributed by atoms with van der Waals surface area (Å²) in [6.07, 6.45) is 3.04. The fourth-order valence-corrected chi connectivity index (χ4v) is 4.48. The van der Waals surface area contributed by atoms with Crippen LogP contribution in [-0.2, 0) is 9.59 Å². The molecule has 1 atom stereocenters. The normalized spacial score (nSPS) is 15.5. The van der Waals surface area contributed by atoms with Crippen LogP contribution in [0.5, 0.6) is 0 Å². The Hall–Kier alpha value is -3.88. The van der Waals surface area contributed by atoms with Crippen molar-refractivity contribution in [1.82, 2.24) is 20.2 Å². The molecule has 0 saturated carbocycles. The van der Waals surface area contributed by atoms with Crippen molar-refractivity contribution in [2.75, 3.05) is 31.5 Å². The molecule has 0 aliphatic carbocycles. The van der Waals surface area contributed by atoms with Gasteiger partial charge in [-0.25, -0.2) is 4.98 Å². The molecule has 2 heterocycles. The molecule has 0 bridgehead atoms. The molecule has 1 aromatic heterocycles. The number of amides is 2. The number of nitrogens with zero attached hydrogens (tertiary/aromatic N) is 2. The summed E-state index contributed by atoms with van der Waals surface area (Å²) in [6.45, 7) is 1.60. The van der Waals surface area contributed by atoms with Crippen LogP contribution in [0.4, 0.5) is 5.95 Å². The number of aromatic amines is 1. The quantitative estimate of drug-likeness (QED) is 0.363. The van der Waals surface area contributed by atoms with Crippen LogP contribution in [0.1, 0.15) is 53.9 Å². The van der Waals surface area contributed by atoms with E-state index in [0.29, 0.717) is 30.6 Å². The van der Waals surface area contributed by atoms with Crippen molar-refractivity contribution in [3.8, 4) is 0 Å². The second kappa shape index (κ2) is 11.5. The van der Waals surface area contributed by atoms with Gasteiger partial charge in [-0.3, -0.25) is 9.59 Å². The maximum absolute atomic E-state index is 13.0. The number of rotatable bonds is 11. The molecule has 9 heteroatoms. The molecule has 0 spiro atoms. The highest BCUT2D eigenvalue weighted by Crippen LogP contribution is 2.30. The molecule has 0 radical (unpaired) electrons. The van der Waals surface area contributed by atoms with Crippen molar-refractivity contribution in [2.24, 2.45) is 0 Å². The molecule has 4 rings (SSSR count). The van der Waals surface area contributed by atoms with Gasteiger partial charge in [0.1, 0.15) is 0 Å². The summed E-state index contributed by atoms with van der Waals surface area (Å²) in [5.41, 5.74) is 3.10. The number of hydrogen-bond donors (Lipinski definition) is 3. The number of unbranched alkanes of at least 4 members (excludes halogenated alkanes) is 2. The van der Waals surface area contributed by atoms with Crippen molar-refractivity contribution >= 4 is 34.8 Å². The Morgan fingerprint density at radius 3 is 2.66 bits per heavy atom. The molecule has 0 saturated heterocycles. The summed E-state index contributed by atoms with van der Waals surface area (Å²) in [5, 5.41) is 17.3. The standard InChI is InChI=1S/C26H31N5O4/c32-23(27-13-6-1-7-14-28-26-29-21-10-4-5-11-22(21)30-26)17-31-15-12-18(16-24(33)34)19-8-2-3-9-20(19)25(31)35/h2-5,8-11,18H,1,6-7,12-17H2,(H,27,32)(H,33,34)(H2,28,29,30)/p-1. The predicted octanol–water partition coefficient (Wildman–Crippen LogP) is 2.03. The third-order valence-corrected chi connectivity index (χ3v) is 6.27. The first kappa shape index (κ1) is 24.3. The van der Waals surface area contributed by atoms with Crippen LogP contribution in [0.2, 0.25) is 0 Å². The van der Waals surface area contributed by atoms with Crippen molar-refractivity contribution in [2.45, 2.75) is 38.0 Å². The first-order valence-corrected chi connectivity index (χ1v) is 12.0. The molecule has 2 amide bonds. The molecule has 3 aromatic rings. The average molecular weight is 477 g/mol. The van der Waals surface area contributed by atoms with Crippen LogP contribution in [0.25, 0.3) is 11.0 Å². The summed E-state index contributed by atoms with van der Waals surface area (Å²) < 4.78 is 0. The smallest absolute Gasteiger partial charge is 0.254 e. The largest absolute Gasteiger partial charge is 0.550 e. The van der Waals surface area contributed by atoms with E-state index in [4.69, 9.17) is 0 Å². The average Bonchev–Trinajstić information content (AvgIpc) is 3.22. The molecular formula is C26H30N5O4-. The molecule has 0 fully saturated rings. The number of nitrogens with one attached hydrogen (secondary N) is 3. The molecule has 1 aliphatic heterocycles. The fourth-order valence-electron chi connectivity index (χ4n) is 4.48. The number of imidazole rings is 1. The van der Waals surface area contributed by atoms with Crippen molar-refractivity contribution < 1.29 is 19.5 Å². The summed E-state index contributed by atoms with van der Waals surface area (Å²) >= 11 is 0. The Morgan fingerprint density at radius 2 is 1.83 bits per heavy atom. The van der Waals surface area contributed by atoms with E-state index in [1.165, 1.54) is 4.90 Å². The second-order valence-electron chi connectivity index (χ2n) is 8.82. The summed E-state index contributed by atoms with van der Waals surface area (Å²) in [7, 11) is 0. The Balaban J connectivity index is 1.17. The SMILES string of the molecule is O=C([O-])CC1CCN(CC(=O)NCCCCCNc2nc3ccccc3[nH]2)C(=O)c2ccccc21. The number of hydrogen-bond acceptors (Lipinski definition) is 6. The second-order valence-corrected chi connectivity index (χ2v) is 8.82. The minimum atomic E-state index is -1.14. The Kier molecular flexibility index (Phi) is 7.97. The minimum Gasteiger partial charge on any atom is -0.550 e. The Labute approximate surface area is 203 Å². The number of benzene rings is 2. The third kappa shape index (κ3) is 6.38. The van der Waals surface area contributed by atoms with Crippen molar-refractivity contribution in [3.63, 3.8) is 0 Å². The molecule has 1 aliphatic rings. The molecule has 2 aromatic carbocycles. The van der Waals surface area contributed by atoms with E-state index in [0.717, 1.165) is 42.8 Å². The predicted molar refractivity (Wildman–Crippen MR) is 131 cm³/mol. The zero-order valence-electron chi connectivity index (χ0n) is 19.6. The van der Waals surface area contributed by atoms with Crippen molar-refractivity contribution in [1.29, 1.82) is 0 Å². The van der Waals surface area contributed by atoms with Gasteiger partial charge in [0.25, 0.3) is 5.91 Å². The van der Waals surface area contributed by atoms with Gasteiger partial charge in [-0.1, -0.05) is 30.3 Å². The molecule has 3 N–H and O–H groups in total. The number of anilines is 1. The van der Waals surface area contributed by atoms with Gasteiger partial charge < -0.3 is 30.4 Å². The van der Waals surface area contributed by atoms with Crippen molar-refractivity contribution in [3.05, 3.63) is 59.7 Å². The monoisotopic (exact) mass is 476 g/mol. The van der Waals surface area contributed by atoms with E-state index >= 15 is 0 Å². The van der Waals surface area contributed by atoms with Gasteiger partial charge in [-0.05, 0) is 61.8 Å². The van der Waals surface area contributed by atoms with Gasteiger partial charge in [0, 0.05) is 31.2 Å². The van der Waals surface area contributed by atoms with Gasteiger partial charge in [0.15, 0.2) is 0 Å². The summed E-state index contributed by atoms with van der Waals surface area (Å²) in [6, 6.07) is 14.9. The van der Waals surface area contributed by atoms with E-state index in [9.17, 15) is 19.5 Å². The lowest BCUT2D eigenvalue weighted by Crippen LogP contribution is -2.41. The maximum Gasteiger partial charge on any atom is 0.254 e. The first-order valence-electron chi connectivity index (χ1n) is 12.0. The number of carbonyl (C=O) groups is 3. The summed E-state index contributed by atoms with van der Waals surface area (Å²) in [5.74, 6) is -1.15. The fraction of sp³-hybridized carbons (Fsp3) is 0.385. The van der Waals surface area contributed by atoms with Gasteiger partial charge >= 0.3 is 0 Å². The minimum absolute atomic E-state index is 0.0428. The van der Waals surface area contributed by atoms with Crippen LogP contribution in [0.15, 0.2) is 48.5 Å². The highest BCUT2D eigenvalue weighted by Gasteiger charge is 2.28. The van der Waals surface area contributed by atoms with Gasteiger partial charge in [-0.2, -0.15) is 0 Å². The molecule has 9 nitrogen and oxygen atoms in total. The Bertz CT molecular complexity index is 1160. The van der Waals surface area contributed by atoms with Crippen LogP contribution in [0.3, 0.4) is 0 Å². The third-order valence-electron chi connectivity index (χ3n) is 6.27. The number of aromatic nitrogens is 2. The zero-order chi connectivity index (χ0) is 24.6. The van der Waals surface area contributed by atoms with Gasteiger partial charge in [-0.15, -0.1) is 0 Å². The number of H-pyrrole nitrogens is 1. The van der Waals surface area contributed by atoms with Gasteiger partial charge in [0.2, 0.25) is 11.9 Å². The number of carbonyl (C=O) groups excluding carboxylic acids is 3. The van der Waals surface area contributed by atoms with Crippen LogP contribution in [-0.4, -0.2) is 58.8 Å². The number of fused-ring (bicyclic) bond motifs is 2. The highest BCUT2D eigenvalue weighted by atomic mass is 16.4. The van der Waals surface area contributed by atoms with Crippen LogP contribution in [0, 0.1) is 0 Å². The molecule has 184 valence electrons. The van der Waals surface area contributed by atoms with E-state index in [1.54, 1.807) is 24.3 Å². The van der Waals surface area contributed by atoms with E-state index in [2.05, 4.69) is 20.6 Å². The Morgan fingerprint density at radius 1 is 1.06 bits per heavy atom. The highest BCUT2D eigenvalue weighted by molar-refractivity contribution is 5.98. The molecule has 1 unspecified atom stereocenters. The van der Waals surface area contributed by atoms with Crippen LogP contribution < -0.4 is 15.7 Å². The first-order chi connectivity index (χ1) is 17.0. The number of carboxylic acids is 1. The molecular weight excluding hydrogens is 446 g/mol. The lowest BCUT2D eigenvalue weighted by Gasteiger charge is -2.20. The summed E-state index contributed by atoms with van der Waals surface area (Å²) in [4.78, 5) is 45.8.